The van der Waals surface area contributed by atoms with Gasteiger partial charge in [-0.1, -0.05) is 0 Å². The Morgan fingerprint density at radius 1 is 1.41 bits per heavy atom. The lowest BCUT2D eigenvalue weighted by Crippen LogP contribution is -2.28. The fraction of sp³-hybridized carbons (Fsp3) is 0.300. The number of Topliss-reactive ketones (excluding diaryl/α,β-unsaturated/α-hetero) is 1. The summed E-state index contributed by atoms with van der Waals surface area (Å²) in [6, 6.07) is 3.15. The maximum absolute atomic E-state index is 11.9. The zero-order valence-electron chi connectivity index (χ0n) is 8.84. The summed E-state index contributed by atoms with van der Waals surface area (Å²) in [5, 5.41) is 2.11. The van der Waals surface area contributed by atoms with Gasteiger partial charge in [-0.05, 0) is 24.6 Å². The number of carbonyl (C=O) groups is 2. The van der Waals surface area contributed by atoms with Gasteiger partial charge in [0, 0.05) is 6.20 Å². The predicted molar refractivity (Wildman–Crippen MR) is 53.3 cm³/mol. The highest BCUT2D eigenvalue weighted by Crippen LogP contribution is 2.18. The lowest BCUT2D eigenvalue weighted by molar-refractivity contribution is -0.171. The van der Waals surface area contributed by atoms with E-state index in [1.165, 1.54) is 12.3 Å². The average molecular weight is 246 g/mol. The molecular formula is C10H9F3N2O2. The quantitative estimate of drug-likeness (QED) is 0.828. The minimum atomic E-state index is -4.99. The van der Waals surface area contributed by atoms with Crippen molar-refractivity contribution < 1.29 is 22.8 Å². The summed E-state index contributed by atoms with van der Waals surface area (Å²) in [4.78, 5) is 25.4. The van der Waals surface area contributed by atoms with Crippen LogP contribution < -0.4 is 5.32 Å². The molecule has 0 bridgehead atoms. The molecule has 0 saturated heterocycles. The van der Waals surface area contributed by atoms with Crippen molar-refractivity contribution in [1.29, 1.82) is 0 Å². The highest BCUT2D eigenvalue weighted by Gasteiger charge is 2.39. The van der Waals surface area contributed by atoms with Crippen LogP contribution in [-0.2, 0) is 9.59 Å². The topological polar surface area (TPSA) is 59.1 Å². The van der Waals surface area contributed by atoms with Crippen LogP contribution in [0.1, 0.15) is 12.0 Å². The molecule has 1 aromatic heterocycles. The maximum Gasteiger partial charge on any atom is 0.450 e. The van der Waals surface area contributed by atoms with Crippen molar-refractivity contribution in [3.63, 3.8) is 0 Å². The molecule has 0 atom stereocenters. The molecule has 0 unspecified atom stereocenters. The van der Waals surface area contributed by atoms with Gasteiger partial charge in [-0.2, -0.15) is 13.2 Å². The molecule has 0 radical (unpaired) electrons. The molecule has 0 aromatic carbocycles. The fourth-order valence-electron chi connectivity index (χ4n) is 1.04. The van der Waals surface area contributed by atoms with Crippen LogP contribution in [0.3, 0.4) is 0 Å². The second-order valence-corrected chi connectivity index (χ2v) is 3.36. The van der Waals surface area contributed by atoms with E-state index in [1.807, 2.05) is 0 Å². The van der Waals surface area contributed by atoms with E-state index in [1.54, 1.807) is 13.0 Å². The molecule has 1 N–H and O–H groups in total. The van der Waals surface area contributed by atoms with Gasteiger partial charge in [0.25, 0.3) is 0 Å². The Morgan fingerprint density at radius 3 is 2.59 bits per heavy atom. The van der Waals surface area contributed by atoms with Gasteiger partial charge in [-0.3, -0.25) is 9.59 Å². The zero-order valence-corrected chi connectivity index (χ0v) is 8.84. The number of hydrogen-bond donors (Lipinski definition) is 1. The number of pyridine rings is 1. The number of carbonyl (C=O) groups excluding carboxylic acids is 2. The van der Waals surface area contributed by atoms with Crippen LogP contribution >= 0.6 is 0 Å². The summed E-state index contributed by atoms with van der Waals surface area (Å²) in [6.07, 6.45) is -4.83. The van der Waals surface area contributed by atoms with E-state index in [0.29, 0.717) is 0 Å². The summed E-state index contributed by atoms with van der Waals surface area (Å²) in [5.41, 5.74) is 0.789. The highest BCUT2D eigenvalue weighted by molar-refractivity contribution is 6.05. The van der Waals surface area contributed by atoms with Gasteiger partial charge in [-0.15, -0.1) is 0 Å². The molecule has 1 rings (SSSR count). The number of hydrogen-bond acceptors (Lipinski definition) is 3. The molecule has 0 saturated carbocycles. The Bertz CT molecular complexity index is 443. The Kier molecular flexibility index (Phi) is 3.82. The van der Waals surface area contributed by atoms with Crippen molar-refractivity contribution in [2.75, 3.05) is 5.32 Å². The van der Waals surface area contributed by atoms with Crippen LogP contribution in [-0.4, -0.2) is 22.9 Å². The van der Waals surface area contributed by atoms with Crippen molar-refractivity contribution >= 4 is 17.5 Å². The molecule has 1 heterocycles. The van der Waals surface area contributed by atoms with Crippen molar-refractivity contribution in [1.82, 2.24) is 4.98 Å². The summed E-state index contributed by atoms with van der Waals surface area (Å²) in [7, 11) is 0. The first kappa shape index (κ1) is 13.1. The van der Waals surface area contributed by atoms with Crippen LogP contribution in [0.25, 0.3) is 0 Å². The Hall–Kier alpha value is -1.92. The van der Waals surface area contributed by atoms with E-state index in [4.69, 9.17) is 0 Å². The smallest absolute Gasteiger partial charge is 0.310 e. The third kappa shape index (κ3) is 4.21. The number of ketones is 1. The summed E-state index contributed by atoms with van der Waals surface area (Å²) < 4.78 is 35.6. The minimum Gasteiger partial charge on any atom is -0.310 e. The monoisotopic (exact) mass is 246 g/mol. The first-order valence-corrected chi connectivity index (χ1v) is 4.61. The molecule has 17 heavy (non-hydrogen) atoms. The van der Waals surface area contributed by atoms with Crippen LogP contribution in [0.5, 0.6) is 0 Å². The number of rotatable bonds is 3. The Morgan fingerprint density at radius 2 is 2.06 bits per heavy atom. The first-order valence-electron chi connectivity index (χ1n) is 4.61. The third-order valence-corrected chi connectivity index (χ3v) is 1.82. The SMILES string of the molecule is Cc1ccnc(NC(=O)CC(=O)C(F)(F)F)c1. The van der Waals surface area contributed by atoms with Crippen LogP contribution in [0.2, 0.25) is 0 Å². The van der Waals surface area contributed by atoms with Crippen LogP contribution in [0, 0.1) is 6.92 Å². The number of nitrogens with zero attached hydrogens (tertiary/aromatic N) is 1. The second kappa shape index (κ2) is 4.94. The predicted octanol–water partition coefficient (Wildman–Crippen LogP) is 1.85. The lowest BCUT2D eigenvalue weighted by atomic mass is 10.2. The van der Waals surface area contributed by atoms with Gasteiger partial charge in [0.2, 0.25) is 11.7 Å². The van der Waals surface area contributed by atoms with Gasteiger partial charge in [0.1, 0.15) is 5.82 Å². The molecule has 0 aliphatic rings. The lowest BCUT2D eigenvalue weighted by Gasteiger charge is -2.06. The van der Waals surface area contributed by atoms with Crippen molar-refractivity contribution in [3.8, 4) is 0 Å². The Balaban J connectivity index is 2.59. The van der Waals surface area contributed by atoms with Crippen LogP contribution in [0.15, 0.2) is 18.3 Å². The second-order valence-electron chi connectivity index (χ2n) is 3.36. The minimum absolute atomic E-state index is 0.116. The average Bonchev–Trinajstić information content (AvgIpc) is 2.15. The number of nitrogens with one attached hydrogen (secondary N) is 1. The van der Waals surface area contributed by atoms with Crippen molar-refractivity contribution in [2.24, 2.45) is 0 Å². The van der Waals surface area contributed by atoms with Gasteiger partial charge in [-0.25, -0.2) is 4.98 Å². The highest BCUT2D eigenvalue weighted by atomic mass is 19.4. The van der Waals surface area contributed by atoms with Gasteiger partial charge in [0.05, 0.1) is 6.42 Å². The third-order valence-electron chi connectivity index (χ3n) is 1.82. The van der Waals surface area contributed by atoms with Gasteiger partial charge in [0.15, 0.2) is 0 Å². The largest absolute Gasteiger partial charge is 0.450 e. The summed E-state index contributed by atoms with van der Waals surface area (Å²) >= 11 is 0. The van der Waals surface area contributed by atoms with E-state index >= 15 is 0 Å². The molecule has 0 aliphatic carbocycles. The van der Waals surface area contributed by atoms with Crippen molar-refractivity contribution in [3.05, 3.63) is 23.9 Å². The van der Waals surface area contributed by atoms with E-state index in [2.05, 4.69) is 10.3 Å². The molecular weight excluding hydrogens is 237 g/mol. The Labute approximate surface area is 94.8 Å². The molecule has 0 spiro atoms. The molecule has 1 aromatic rings. The number of aryl methyl sites for hydroxylation is 1. The van der Waals surface area contributed by atoms with Gasteiger partial charge >= 0.3 is 6.18 Å². The number of halogens is 3. The molecule has 7 heteroatoms. The molecule has 1 amide bonds. The molecule has 0 fully saturated rings. The standard InChI is InChI=1S/C10H9F3N2O2/c1-6-2-3-14-8(4-6)15-9(17)5-7(16)10(11,12)13/h2-4H,5H2,1H3,(H,14,15,17). The molecule has 92 valence electrons. The van der Waals surface area contributed by atoms with Crippen molar-refractivity contribution in [2.45, 2.75) is 19.5 Å². The molecule has 0 aliphatic heterocycles. The number of aromatic nitrogens is 1. The van der Waals surface area contributed by atoms with Gasteiger partial charge < -0.3 is 5.32 Å². The van der Waals surface area contributed by atoms with E-state index in [-0.39, 0.29) is 5.82 Å². The van der Waals surface area contributed by atoms with E-state index < -0.39 is 24.3 Å². The van der Waals surface area contributed by atoms with E-state index in [0.717, 1.165) is 5.56 Å². The first-order chi connectivity index (χ1) is 7.79. The number of anilines is 1. The number of alkyl halides is 3. The summed E-state index contributed by atoms with van der Waals surface area (Å²) in [6.45, 7) is 1.73. The van der Waals surface area contributed by atoms with Crippen LogP contribution in [0.4, 0.5) is 19.0 Å². The normalized spacial score (nSPS) is 11.1. The summed E-state index contributed by atoms with van der Waals surface area (Å²) in [5.74, 6) is -3.00. The number of amides is 1. The van der Waals surface area contributed by atoms with E-state index in [9.17, 15) is 22.8 Å². The fourth-order valence-corrected chi connectivity index (χ4v) is 1.04. The zero-order chi connectivity index (χ0) is 13.1. The maximum atomic E-state index is 11.9. The molecule has 4 nitrogen and oxygen atoms in total.